The van der Waals surface area contributed by atoms with Crippen LogP contribution in [-0.2, 0) is 4.79 Å². The molecule has 0 heterocycles. The van der Waals surface area contributed by atoms with Crippen LogP contribution in [0, 0.1) is 0 Å². The number of hydrogen-bond acceptors (Lipinski definition) is 3. The molecule has 0 bridgehead atoms. The average molecular weight is 236 g/mol. The molecule has 5 heteroatoms. The molecule has 0 saturated carbocycles. The van der Waals surface area contributed by atoms with Crippen LogP contribution >= 0.6 is 0 Å². The van der Waals surface area contributed by atoms with Crippen LogP contribution in [-0.4, -0.2) is 18.9 Å². The van der Waals surface area contributed by atoms with Gasteiger partial charge in [-0.3, -0.25) is 20.4 Å². The van der Waals surface area contributed by atoms with Gasteiger partial charge in [0, 0.05) is 6.42 Å². The van der Waals surface area contributed by atoms with Gasteiger partial charge in [0.1, 0.15) is 5.75 Å². The molecule has 0 atom stereocenters. The van der Waals surface area contributed by atoms with Crippen LogP contribution in [0.25, 0.3) is 0 Å². The molecule has 17 heavy (non-hydrogen) atoms. The smallest absolute Gasteiger partial charge is 0.273 e. The SMILES string of the molecule is CCCC(=O)NNC(=O)c1ccccc1OC. The van der Waals surface area contributed by atoms with Gasteiger partial charge in [-0.2, -0.15) is 0 Å². The standard InChI is InChI=1S/C12H16N2O3/c1-3-6-11(15)13-14-12(16)9-7-4-5-8-10(9)17-2/h4-5,7-8H,3,6H2,1-2H3,(H,13,15)(H,14,16). The third-order valence-electron chi connectivity index (χ3n) is 2.14. The molecule has 5 nitrogen and oxygen atoms in total. The van der Waals surface area contributed by atoms with E-state index in [2.05, 4.69) is 10.9 Å². The largest absolute Gasteiger partial charge is 0.496 e. The Hall–Kier alpha value is -2.04. The maximum Gasteiger partial charge on any atom is 0.273 e. The Morgan fingerprint density at radius 1 is 1.24 bits per heavy atom. The van der Waals surface area contributed by atoms with E-state index >= 15 is 0 Å². The van der Waals surface area contributed by atoms with E-state index in [-0.39, 0.29) is 5.91 Å². The molecule has 0 unspecified atom stereocenters. The molecular weight excluding hydrogens is 220 g/mol. The average Bonchev–Trinajstić information content (AvgIpc) is 2.36. The summed E-state index contributed by atoms with van der Waals surface area (Å²) in [6, 6.07) is 6.81. The minimum atomic E-state index is -0.396. The van der Waals surface area contributed by atoms with Crippen molar-refractivity contribution in [1.82, 2.24) is 10.9 Å². The van der Waals surface area contributed by atoms with Gasteiger partial charge in [-0.05, 0) is 18.6 Å². The van der Waals surface area contributed by atoms with Gasteiger partial charge in [0.05, 0.1) is 12.7 Å². The van der Waals surface area contributed by atoms with E-state index < -0.39 is 5.91 Å². The van der Waals surface area contributed by atoms with Crippen molar-refractivity contribution in [3.05, 3.63) is 29.8 Å². The lowest BCUT2D eigenvalue weighted by Crippen LogP contribution is -2.41. The highest BCUT2D eigenvalue weighted by Gasteiger charge is 2.11. The number of amides is 2. The minimum Gasteiger partial charge on any atom is -0.496 e. The summed E-state index contributed by atoms with van der Waals surface area (Å²) in [6.45, 7) is 1.89. The van der Waals surface area contributed by atoms with Gasteiger partial charge >= 0.3 is 0 Å². The van der Waals surface area contributed by atoms with E-state index in [4.69, 9.17) is 4.74 Å². The monoisotopic (exact) mass is 236 g/mol. The fourth-order valence-corrected chi connectivity index (χ4v) is 1.32. The molecule has 0 radical (unpaired) electrons. The molecule has 1 rings (SSSR count). The Morgan fingerprint density at radius 3 is 2.59 bits per heavy atom. The van der Waals surface area contributed by atoms with E-state index in [9.17, 15) is 9.59 Å². The van der Waals surface area contributed by atoms with Crippen LogP contribution in [0.3, 0.4) is 0 Å². The number of carbonyl (C=O) groups is 2. The van der Waals surface area contributed by atoms with Gasteiger partial charge in [-0.25, -0.2) is 0 Å². The van der Waals surface area contributed by atoms with Crippen molar-refractivity contribution in [1.29, 1.82) is 0 Å². The summed E-state index contributed by atoms with van der Waals surface area (Å²) in [6.07, 6.45) is 1.11. The zero-order chi connectivity index (χ0) is 12.7. The summed E-state index contributed by atoms with van der Waals surface area (Å²) in [7, 11) is 1.49. The lowest BCUT2D eigenvalue weighted by molar-refractivity contribution is -0.121. The van der Waals surface area contributed by atoms with E-state index in [1.54, 1.807) is 24.3 Å². The van der Waals surface area contributed by atoms with E-state index in [0.717, 1.165) is 6.42 Å². The number of methoxy groups -OCH3 is 1. The number of rotatable bonds is 4. The van der Waals surface area contributed by atoms with Crippen LogP contribution in [0.4, 0.5) is 0 Å². The second-order valence-electron chi connectivity index (χ2n) is 3.45. The second kappa shape index (κ2) is 6.52. The van der Waals surface area contributed by atoms with Gasteiger partial charge < -0.3 is 4.74 Å². The van der Waals surface area contributed by atoms with Crippen molar-refractivity contribution in [2.75, 3.05) is 7.11 Å². The van der Waals surface area contributed by atoms with Crippen LogP contribution in [0.5, 0.6) is 5.75 Å². The van der Waals surface area contributed by atoms with Crippen LogP contribution < -0.4 is 15.6 Å². The quantitative estimate of drug-likeness (QED) is 0.773. The van der Waals surface area contributed by atoms with Crippen molar-refractivity contribution in [2.45, 2.75) is 19.8 Å². The minimum absolute atomic E-state index is 0.212. The van der Waals surface area contributed by atoms with Crippen LogP contribution in [0.1, 0.15) is 30.1 Å². The van der Waals surface area contributed by atoms with Gasteiger partial charge in [0.2, 0.25) is 5.91 Å². The van der Waals surface area contributed by atoms with Crippen LogP contribution in [0.15, 0.2) is 24.3 Å². The summed E-state index contributed by atoms with van der Waals surface area (Å²) in [5, 5.41) is 0. The van der Waals surface area contributed by atoms with Crippen molar-refractivity contribution in [3.63, 3.8) is 0 Å². The molecule has 0 aromatic heterocycles. The summed E-state index contributed by atoms with van der Waals surface area (Å²) < 4.78 is 5.05. The molecule has 2 N–H and O–H groups in total. The first-order valence-electron chi connectivity index (χ1n) is 5.41. The Morgan fingerprint density at radius 2 is 1.94 bits per heavy atom. The van der Waals surface area contributed by atoms with Crippen molar-refractivity contribution in [2.24, 2.45) is 0 Å². The number of hydrogen-bond donors (Lipinski definition) is 2. The number of ether oxygens (including phenoxy) is 1. The highest BCUT2D eigenvalue weighted by atomic mass is 16.5. The fourth-order valence-electron chi connectivity index (χ4n) is 1.32. The molecule has 0 aliphatic rings. The molecule has 0 fully saturated rings. The van der Waals surface area contributed by atoms with Crippen molar-refractivity contribution in [3.8, 4) is 5.75 Å². The van der Waals surface area contributed by atoms with Gasteiger partial charge in [-0.15, -0.1) is 0 Å². The molecule has 92 valence electrons. The molecule has 0 aliphatic carbocycles. The first-order valence-corrected chi connectivity index (χ1v) is 5.41. The first-order chi connectivity index (χ1) is 8.19. The molecule has 0 spiro atoms. The van der Waals surface area contributed by atoms with E-state index in [1.165, 1.54) is 7.11 Å². The van der Waals surface area contributed by atoms with Crippen molar-refractivity contribution >= 4 is 11.8 Å². The highest BCUT2D eigenvalue weighted by molar-refractivity contribution is 5.97. The lowest BCUT2D eigenvalue weighted by atomic mass is 10.2. The van der Waals surface area contributed by atoms with E-state index in [0.29, 0.717) is 17.7 Å². The number of nitrogens with one attached hydrogen (secondary N) is 2. The topological polar surface area (TPSA) is 67.4 Å². The highest BCUT2D eigenvalue weighted by Crippen LogP contribution is 2.16. The molecule has 1 aromatic rings. The number of carbonyl (C=O) groups excluding carboxylic acids is 2. The Labute approximate surface area is 100 Å². The number of para-hydroxylation sites is 1. The maximum absolute atomic E-state index is 11.7. The third kappa shape index (κ3) is 3.79. The van der Waals surface area contributed by atoms with Crippen LogP contribution in [0.2, 0.25) is 0 Å². The maximum atomic E-state index is 11.7. The summed E-state index contributed by atoms with van der Waals surface area (Å²) in [5.41, 5.74) is 5.06. The molecule has 1 aromatic carbocycles. The molecule has 0 aliphatic heterocycles. The number of hydrazine groups is 1. The van der Waals surface area contributed by atoms with Gasteiger partial charge in [0.25, 0.3) is 5.91 Å². The van der Waals surface area contributed by atoms with Gasteiger partial charge in [-0.1, -0.05) is 19.1 Å². The Balaban J connectivity index is 2.61. The molecule has 2 amide bonds. The summed E-state index contributed by atoms with van der Waals surface area (Å²) in [5.74, 6) is -0.141. The summed E-state index contributed by atoms with van der Waals surface area (Å²) in [4.78, 5) is 22.9. The second-order valence-corrected chi connectivity index (χ2v) is 3.45. The predicted octanol–water partition coefficient (Wildman–Crippen LogP) is 1.26. The molecular formula is C12H16N2O3. The lowest BCUT2D eigenvalue weighted by Gasteiger charge is -2.09. The third-order valence-corrected chi connectivity index (χ3v) is 2.14. The van der Waals surface area contributed by atoms with E-state index in [1.807, 2.05) is 6.92 Å². The Kier molecular flexibility index (Phi) is 5.00. The normalized spacial score (nSPS) is 9.53. The first kappa shape index (κ1) is 13.0. The molecule has 0 saturated heterocycles. The van der Waals surface area contributed by atoms with Crippen molar-refractivity contribution < 1.29 is 14.3 Å². The zero-order valence-electron chi connectivity index (χ0n) is 9.95. The summed E-state index contributed by atoms with van der Waals surface area (Å²) >= 11 is 0. The van der Waals surface area contributed by atoms with Gasteiger partial charge in [0.15, 0.2) is 0 Å². The Bertz CT molecular complexity index is 404. The predicted molar refractivity (Wildman–Crippen MR) is 63.5 cm³/mol. The zero-order valence-corrected chi connectivity index (χ0v) is 9.95. The fraction of sp³-hybridized carbons (Fsp3) is 0.333. The number of benzene rings is 1.